The summed E-state index contributed by atoms with van der Waals surface area (Å²) >= 11 is 55.5. The van der Waals surface area contributed by atoms with Gasteiger partial charge in [0.2, 0.25) is 5.91 Å². The van der Waals surface area contributed by atoms with Crippen LogP contribution in [-0.2, 0) is 64.5 Å². The molecule has 0 unspecified atom stereocenters. The number of aryl methyl sites for hydroxylation is 6. The highest BCUT2D eigenvalue weighted by molar-refractivity contribution is 9.11. The number of hydrogen-bond donors (Lipinski definition) is 7. The highest BCUT2D eigenvalue weighted by atomic mass is 79.9. The third-order valence-electron chi connectivity index (χ3n) is 21.6. The number of benzene rings is 1. The zero-order chi connectivity index (χ0) is 97.7. The Morgan fingerprint density at radius 3 is 1.35 bits per heavy atom. The average Bonchev–Trinajstić information content (AvgIpc) is 1.62. The number of anilines is 1. The van der Waals surface area contributed by atoms with E-state index in [1.54, 1.807) is 109 Å². The van der Waals surface area contributed by atoms with Crippen molar-refractivity contribution in [3.8, 4) is 33.8 Å². The van der Waals surface area contributed by atoms with Crippen LogP contribution in [0.2, 0.25) is 35.2 Å². The minimum absolute atomic E-state index is 0.0791. The number of primary amides is 3. The van der Waals surface area contributed by atoms with Crippen molar-refractivity contribution in [2.45, 2.75) is 139 Å². The molecule has 51 heteroatoms. The molecule has 1 saturated heterocycles. The van der Waals surface area contributed by atoms with Gasteiger partial charge in [-0.3, -0.25) is 60.0 Å². The summed E-state index contributed by atoms with van der Waals surface area (Å²) in [5, 5.41) is 68.1. The lowest BCUT2D eigenvalue weighted by Crippen LogP contribution is -2.41. The molecule has 4 aliphatic heterocycles. The molecule has 135 heavy (non-hydrogen) atoms. The first-order valence-corrected chi connectivity index (χ1v) is 46.5. The topological polar surface area (TPSA) is 490 Å². The monoisotopic (exact) mass is 2220 g/mol. The molecule has 20 rings (SSSR count). The van der Waals surface area contributed by atoms with Gasteiger partial charge >= 0.3 is 7.12 Å². The van der Waals surface area contributed by atoms with Crippen molar-refractivity contribution in [3.63, 3.8) is 0 Å². The zero-order valence-electron chi connectivity index (χ0n) is 73.2. The number of aliphatic carboxylic acids is 1. The summed E-state index contributed by atoms with van der Waals surface area (Å²) in [5.74, 6) is 6.74. The molecular formula is C84H81BBr4Cl7N31O8. The number of nitrogens with zero attached hydrogens (tertiary/aromatic N) is 25. The maximum atomic E-state index is 13.0. The molecule has 0 bridgehead atoms. The number of amides is 4. The number of hydrogen-bond acceptors (Lipinski definition) is 25. The number of carboxylic acid groups (broad SMARTS) is 1. The largest absolute Gasteiger partial charge is 0.496 e. The van der Waals surface area contributed by atoms with Gasteiger partial charge < -0.3 is 47.3 Å². The molecule has 4 aliphatic rings. The predicted octanol–water partition coefficient (Wildman–Crippen LogP) is 15.1. The molecule has 0 spiro atoms. The SMILES string of the molecule is CC(=O)O.Cc1nnc2c(Cl)cc(-c3nn4c(c3C(N)=O)CCCC4)cn12.Cc1nnc2c(Cl)cc(-c3nn4c(c3C(N)=O)CNCC4)cn12.Cc1nnc2c(Cl)cc(B3OC(C)(C)C(C)(C)O3)cn12.Cc1nnc2c(Cl)cc(Br)cn12.Clc1cc(Br)cnc1Br.NNc1ncc(Br)cc1Cl.[C-]#[N+]c1ccc(CC(=O)N2CCn3nc(-c4cc(Cl)c5nnc(C)n5c4)c(C(N)=O)c3C2)cc1. The Hall–Kier alpha value is -11.3. The van der Waals surface area contributed by atoms with Crippen LogP contribution in [0.4, 0.5) is 11.5 Å². The van der Waals surface area contributed by atoms with Crippen LogP contribution in [0.25, 0.3) is 66.9 Å². The minimum Gasteiger partial charge on any atom is -0.481 e. The van der Waals surface area contributed by atoms with Crippen LogP contribution >= 0.6 is 145 Å². The van der Waals surface area contributed by atoms with Gasteiger partial charge in [0.1, 0.15) is 50.8 Å². The number of halogens is 11. The smallest absolute Gasteiger partial charge is 0.481 e. The summed E-state index contributed by atoms with van der Waals surface area (Å²) in [6.45, 7) is 29.4. The van der Waals surface area contributed by atoms with Crippen LogP contribution < -0.4 is 39.2 Å². The highest BCUT2D eigenvalue weighted by Crippen LogP contribution is 2.39. The molecule has 0 atom stereocenters. The zero-order valence-corrected chi connectivity index (χ0v) is 84.8. The average molecular weight is 2230 g/mol. The second-order valence-corrected chi connectivity index (χ2v) is 37.7. The molecule has 1 fully saturated rings. The normalized spacial score (nSPS) is 13.7. The van der Waals surface area contributed by atoms with Crippen molar-refractivity contribution in [1.29, 1.82) is 0 Å². The molecule has 16 aromatic rings. The molecule has 39 nitrogen and oxygen atoms in total. The molecule has 1 aromatic carbocycles. The lowest BCUT2D eigenvalue weighted by atomic mass is 9.80. The van der Waals surface area contributed by atoms with Gasteiger partial charge in [-0.25, -0.2) is 20.7 Å². The van der Waals surface area contributed by atoms with E-state index in [2.05, 4.69) is 156 Å². The molecule has 0 saturated carbocycles. The quantitative estimate of drug-likeness (QED) is 0.0220. The van der Waals surface area contributed by atoms with Crippen molar-refractivity contribution in [2.75, 3.05) is 18.5 Å². The Morgan fingerprint density at radius 1 is 0.511 bits per heavy atom. The van der Waals surface area contributed by atoms with Gasteiger partial charge in [-0.05, 0) is 193 Å². The van der Waals surface area contributed by atoms with Gasteiger partial charge in [-0.2, -0.15) is 15.3 Å². The first kappa shape index (κ1) is 101. The number of rotatable bonds is 10. The fourth-order valence-corrected chi connectivity index (χ4v) is 17.7. The van der Waals surface area contributed by atoms with Gasteiger partial charge in [-0.1, -0.05) is 105 Å². The van der Waals surface area contributed by atoms with Gasteiger partial charge in [-0.15, -0.1) is 51.0 Å². The second kappa shape index (κ2) is 43.0. The van der Waals surface area contributed by atoms with Crippen LogP contribution in [0.5, 0.6) is 0 Å². The molecule has 0 aliphatic carbocycles. The Balaban J connectivity index is 0.000000138. The summed E-state index contributed by atoms with van der Waals surface area (Å²) in [5.41, 5.74) is 30.9. The number of nitrogens with two attached hydrogens (primary N) is 4. The van der Waals surface area contributed by atoms with Crippen LogP contribution in [-0.4, -0.2) is 183 Å². The van der Waals surface area contributed by atoms with Crippen molar-refractivity contribution in [1.82, 2.24) is 123 Å². The third kappa shape index (κ3) is 22.9. The van der Waals surface area contributed by atoms with Crippen LogP contribution in [0.3, 0.4) is 0 Å². The Kier molecular flexibility index (Phi) is 32.2. The summed E-state index contributed by atoms with van der Waals surface area (Å²) in [4.78, 5) is 71.3. The van der Waals surface area contributed by atoms with E-state index in [-0.39, 0.29) is 35.6 Å². The standard InChI is InChI=1S/C23H19ClN8O2.C15H15ClN6O.C14H14ClN7O.C13H17BClN3O2.C7H5BrClN3.C5H2Br2ClN.C5H5BrClN3.C2H4O2/c1-13-27-28-23-17(24)10-15(11-31(13)23)21-20(22(25)34)18-12-30(7-8-32(18)29-21)19(33)9-14-3-5-16(26-2)6-4-14;1-8-18-19-15-10(16)6-9(7-21(8)15)13-12(14(17)23)11-4-2-3-5-22(11)20-13;1-7-18-19-14-9(15)4-8(6-21(7)14)12-11(13(16)23)10-5-17-2-3-22(10)20-12;1-8-16-17-11-10(15)6-9(7-18(8)11)14-19-12(2,3)13(4,5)20-14;1-4-10-11-7-6(9)2-5(8)3-12(4)7;6-3-1-4(8)5(7)9-2-3;6-3-1-4(7)5(10-8)9-2-3;1-2(3)4/h3-6,10-11H,7-9,12H2,1H3,(H2,25,34);6-7H,2-5H2,1H3,(H2,17,23);4,6,17H,2-3,5H2,1H3,(H2,16,23);6-7H,1-5H3;2-3H,1H3;1-2H;1-2H,8H2,(H,9,10);1H3,(H,3,4). The van der Waals surface area contributed by atoms with Crippen LogP contribution in [0, 0.1) is 41.2 Å². The molecule has 700 valence electrons. The molecule has 19 heterocycles. The van der Waals surface area contributed by atoms with E-state index in [0.717, 1.165) is 92.3 Å². The minimum atomic E-state index is -0.833. The molecule has 15 aromatic heterocycles. The predicted molar refractivity (Wildman–Crippen MR) is 525 cm³/mol. The van der Waals surface area contributed by atoms with Gasteiger partial charge in [0.25, 0.3) is 23.7 Å². The maximum absolute atomic E-state index is 13.0. The lowest BCUT2D eigenvalue weighted by Gasteiger charge is -2.32. The molecule has 11 N–H and O–H groups in total. The van der Waals surface area contributed by atoms with Crippen molar-refractivity contribution in [3.05, 3.63) is 243 Å². The number of carbonyl (C=O) groups is 5. The molecule has 4 amide bonds. The lowest BCUT2D eigenvalue weighted by molar-refractivity contribution is -0.134. The first-order chi connectivity index (χ1) is 64.0. The summed E-state index contributed by atoms with van der Waals surface area (Å²) in [7, 11) is -0.441. The van der Waals surface area contributed by atoms with Gasteiger partial charge in [0.05, 0.1) is 113 Å². The molecular weight excluding hydrogens is 2150 g/mol. The van der Waals surface area contributed by atoms with Crippen LogP contribution in [0.15, 0.2) is 128 Å². The Labute approximate surface area is 838 Å². The number of aromatic nitrogens is 23. The molecule has 0 radical (unpaired) electrons. The van der Waals surface area contributed by atoms with E-state index in [9.17, 15) is 19.2 Å². The van der Waals surface area contributed by atoms with Crippen LogP contribution in [0.1, 0.15) is 130 Å². The van der Waals surface area contributed by atoms with Crippen molar-refractivity contribution < 1.29 is 38.4 Å². The summed E-state index contributed by atoms with van der Waals surface area (Å²) < 4.78 is 29.8. The van der Waals surface area contributed by atoms with E-state index >= 15 is 0 Å². The summed E-state index contributed by atoms with van der Waals surface area (Å²) in [6.07, 6.45) is 15.6. The van der Waals surface area contributed by atoms with E-state index in [4.69, 9.17) is 130 Å². The fraction of sp³-hybridized carbons (Fsp3) is 0.274. The number of fused-ring (bicyclic) bond motifs is 8. The maximum Gasteiger partial charge on any atom is 0.496 e. The highest BCUT2D eigenvalue weighted by Gasteiger charge is 2.52. The van der Waals surface area contributed by atoms with E-state index < -0.39 is 30.8 Å². The third-order valence-corrected chi connectivity index (χ3v) is 25.8. The Bertz CT molecular complexity index is 7140. The van der Waals surface area contributed by atoms with Crippen molar-refractivity contribution >= 4 is 227 Å². The van der Waals surface area contributed by atoms with Gasteiger partial charge in [0.15, 0.2) is 39.7 Å². The number of nitrogens with one attached hydrogen (secondary N) is 2. The summed E-state index contributed by atoms with van der Waals surface area (Å²) in [6, 6.07) is 19.2. The Morgan fingerprint density at radius 2 is 0.911 bits per heavy atom. The van der Waals surface area contributed by atoms with E-state index in [1.807, 2.05) is 104 Å². The number of hydrazine groups is 1. The number of nitrogen functional groups attached to an aromatic ring is 1. The second-order valence-electron chi connectivity index (χ2n) is 31.4. The number of carboxylic acids is 1. The van der Waals surface area contributed by atoms with E-state index in [0.29, 0.717) is 168 Å². The first-order valence-electron chi connectivity index (χ1n) is 40.7. The number of pyridine rings is 7. The van der Waals surface area contributed by atoms with Crippen molar-refractivity contribution in [2.24, 2.45) is 23.0 Å². The fourth-order valence-electron chi connectivity index (χ4n) is 14.4. The number of carbonyl (C=O) groups excluding carboxylic acids is 4. The van der Waals surface area contributed by atoms with Gasteiger partial charge in [0, 0.05) is 112 Å². The van der Waals surface area contributed by atoms with E-state index in [1.165, 1.54) is 0 Å².